The van der Waals surface area contributed by atoms with Gasteiger partial charge in [0.2, 0.25) is 0 Å². The lowest BCUT2D eigenvalue weighted by molar-refractivity contribution is 0.496. The van der Waals surface area contributed by atoms with Gasteiger partial charge in [-0.3, -0.25) is 4.90 Å². The Morgan fingerprint density at radius 2 is 1.50 bits per heavy atom. The first-order chi connectivity index (χ1) is 19.6. The van der Waals surface area contributed by atoms with Gasteiger partial charge in [0.05, 0.1) is 18.1 Å². The van der Waals surface area contributed by atoms with Crippen LogP contribution >= 0.6 is 0 Å². The van der Waals surface area contributed by atoms with E-state index in [4.69, 9.17) is 9.40 Å². The Morgan fingerprint density at radius 3 is 2.33 bits per heavy atom. The normalized spacial score (nSPS) is 13.1. The molecule has 5 nitrogen and oxygen atoms in total. The number of aryl methyl sites for hydroxylation is 2. The molecule has 6 aromatic rings. The molecular weight excluding hydrogens is 492 g/mol. The molecule has 0 spiro atoms. The largest absolute Gasteiger partial charge is 0.455 e. The van der Waals surface area contributed by atoms with E-state index in [-0.39, 0.29) is 0 Å². The van der Waals surface area contributed by atoms with Gasteiger partial charge in [0.1, 0.15) is 17.0 Å². The maximum absolute atomic E-state index is 6.36. The smallest absolute Gasteiger partial charge is 0.144 e. The van der Waals surface area contributed by atoms with Crippen molar-refractivity contribution in [3.8, 4) is 11.3 Å². The molecule has 0 radical (unpaired) electrons. The molecule has 40 heavy (non-hydrogen) atoms. The second-order valence-corrected chi connectivity index (χ2v) is 10.4. The molecule has 1 aliphatic heterocycles. The number of hydrogen-bond donors (Lipinski definition) is 0. The molecule has 0 aliphatic carbocycles. The molecule has 0 bridgehead atoms. The van der Waals surface area contributed by atoms with E-state index in [1.165, 1.54) is 11.1 Å². The molecule has 0 saturated heterocycles. The van der Waals surface area contributed by atoms with Crippen LogP contribution in [-0.4, -0.2) is 23.6 Å². The zero-order chi connectivity index (χ0) is 27.2. The maximum atomic E-state index is 6.36. The van der Waals surface area contributed by atoms with Crippen molar-refractivity contribution in [1.82, 2.24) is 9.88 Å². The van der Waals surface area contributed by atoms with Gasteiger partial charge in [-0.1, -0.05) is 60.7 Å². The Labute approximate surface area is 234 Å². The first kappa shape index (κ1) is 24.0. The summed E-state index contributed by atoms with van der Waals surface area (Å²) in [6.07, 6.45) is 4.22. The number of hydrogen-bond acceptors (Lipinski definition) is 5. The average Bonchev–Trinajstić information content (AvgIpc) is 3.59. The molecule has 0 unspecified atom stereocenters. The Kier molecular flexibility index (Phi) is 5.78. The average molecular weight is 523 g/mol. The van der Waals surface area contributed by atoms with Gasteiger partial charge in [-0.05, 0) is 67.4 Å². The predicted molar refractivity (Wildman–Crippen MR) is 165 cm³/mol. The number of pyridine rings is 1. The summed E-state index contributed by atoms with van der Waals surface area (Å²) in [7, 11) is 2.08. The summed E-state index contributed by atoms with van der Waals surface area (Å²) < 4.78 is 6.36. The van der Waals surface area contributed by atoms with Crippen LogP contribution < -0.4 is 9.80 Å². The quantitative estimate of drug-likeness (QED) is 0.226. The number of fused-ring (bicyclic) bond motifs is 3. The molecule has 2 aromatic heterocycles. The van der Waals surface area contributed by atoms with E-state index in [0.717, 1.165) is 62.7 Å². The summed E-state index contributed by atoms with van der Waals surface area (Å²) in [5.74, 6) is 0.856. The highest BCUT2D eigenvalue weighted by Gasteiger charge is 2.21. The van der Waals surface area contributed by atoms with Crippen LogP contribution in [0.5, 0.6) is 0 Å². The van der Waals surface area contributed by atoms with E-state index in [1.54, 1.807) is 0 Å². The fourth-order valence-electron chi connectivity index (χ4n) is 5.69. The van der Waals surface area contributed by atoms with E-state index in [2.05, 4.69) is 139 Å². The first-order valence-electron chi connectivity index (χ1n) is 13.6. The van der Waals surface area contributed by atoms with Crippen molar-refractivity contribution in [3.05, 3.63) is 127 Å². The minimum absolute atomic E-state index is 0.822. The van der Waals surface area contributed by atoms with Gasteiger partial charge < -0.3 is 14.2 Å². The van der Waals surface area contributed by atoms with Gasteiger partial charge in [-0.25, -0.2) is 4.98 Å². The molecule has 5 heteroatoms. The predicted octanol–water partition coefficient (Wildman–Crippen LogP) is 8.92. The fraction of sp³-hybridized carbons (Fsp3) is 0.114. The minimum atomic E-state index is 0.822. The number of nitrogens with zero attached hydrogens (tertiary/aromatic N) is 4. The van der Waals surface area contributed by atoms with Crippen LogP contribution in [-0.2, 0) is 0 Å². The molecular formula is C35H30N4O. The van der Waals surface area contributed by atoms with Gasteiger partial charge in [0.15, 0.2) is 0 Å². The van der Waals surface area contributed by atoms with Gasteiger partial charge in [-0.15, -0.1) is 0 Å². The molecule has 0 atom stereocenters. The molecule has 1 aliphatic rings. The molecule has 4 aromatic carbocycles. The Balaban J connectivity index is 1.40. The Bertz CT molecular complexity index is 1880. The summed E-state index contributed by atoms with van der Waals surface area (Å²) in [5, 5.41) is 2.22. The van der Waals surface area contributed by atoms with Crippen LogP contribution in [0.2, 0.25) is 0 Å². The second kappa shape index (κ2) is 9.62. The maximum Gasteiger partial charge on any atom is 0.144 e. The van der Waals surface area contributed by atoms with Crippen LogP contribution in [0.4, 0.5) is 22.9 Å². The van der Waals surface area contributed by atoms with Crippen molar-refractivity contribution in [2.45, 2.75) is 13.8 Å². The van der Waals surface area contributed by atoms with Crippen LogP contribution in [0, 0.1) is 13.8 Å². The fourth-order valence-corrected chi connectivity index (χ4v) is 5.69. The number of para-hydroxylation sites is 3. The number of benzene rings is 4. The highest BCUT2D eigenvalue weighted by atomic mass is 16.3. The van der Waals surface area contributed by atoms with E-state index in [0.29, 0.717) is 0 Å². The number of aromatic nitrogens is 1. The SMILES string of the molecule is Cc1cccc(C)c1N(c1cccc(N2C=CN(C)C2)c1)c1cccc(-c2cccc3c2oc2ccccc23)n1. The standard InChI is InChI=1S/C35H30N4O/c1-24-10-6-11-25(2)34(24)39(27-13-7-12-26(22-27)38-21-20-37(3)23-38)33-19-9-17-31(36-33)30-16-8-15-29-28-14-4-5-18-32(28)40-35(29)30/h4-22H,23H2,1-3H3. The summed E-state index contributed by atoms with van der Waals surface area (Å²) in [4.78, 5) is 12.0. The van der Waals surface area contributed by atoms with Crippen LogP contribution in [0.1, 0.15) is 11.1 Å². The Hall–Kier alpha value is -5.03. The van der Waals surface area contributed by atoms with Gasteiger partial charge in [0, 0.05) is 47.2 Å². The van der Waals surface area contributed by atoms with Crippen molar-refractivity contribution in [2.24, 2.45) is 0 Å². The lowest BCUT2D eigenvalue weighted by Gasteiger charge is -2.29. The number of anilines is 4. The lowest BCUT2D eigenvalue weighted by Crippen LogP contribution is -2.22. The highest BCUT2D eigenvalue weighted by molar-refractivity contribution is 6.09. The van der Waals surface area contributed by atoms with Crippen molar-refractivity contribution >= 4 is 44.8 Å². The number of rotatable bonds is 5. The van der Waals surface area contributed by atoms with Gasteiger partial charge >= 0.3 is 0 Å². The van der Waals surface area contributed by atoms with Gasteiger partial charge in [-0.2, -0.15) is 0 Å². The molecule has 7 rings (SSSR count). The second-order valence-electron chi connectivity index (χ2n) is 10.4. The van der Waals surface area contributed by atoms with Crippen molar-refractivity contribution < 1.29 is 4.42 Å². The van der Waals surface area contributed by atoms with Gasteiger partial charge in [0.25, 0.3) is 0 Å². The van der Waals surface area contributed by atoms with Crippen molar-refractivity contribution in [1.29, 1.82) is 0 Å². The van der Waals surface area contributed by atoms with E-state index in [9.17, 15) is 0 Å². The summed E-state index contributed by atoms with van der Waals surface area (Å²) in [6, 6.07) is 35.8. The third-order valence-corrected chi connectivity index (χ3v) is 7.60. The summed E-state index contributed by atoms with van der Waals surface area (Å²) >= 11 is 0. The van der Waals surface area contributed by atoms with Crippen LogP contribution in [0.3, 0.4) is 0 Å². The summed E-state index contributed by atoms with van der Waals surface area (Å²) in [5.41, 5.74) is 9.32. The molecule has 196 valence electrons. The number of furan rings is 1. The molecule has 0 fully saturated rings. The molecule has 0 N–H and O–H groups in total. The Morgan fingerprint density at radius 1 is 0.750 bits per heavy atom. The third-order valence-electron chi connectivity index (χ3n) is 7.60. The molecule has 3 heterocycles. The van der Waals surface area contributed by atoms with Crippen LogP contribution in [0.15, 0.2) is 120 Å². The minimum Gasteiger partial charge on any atom is -0.455 e. The van der Waals surface area contributed by atoms with Crippen LogP contribution in [0.25, 0.3) is 33.2 Å². The van der Waals surface area contributed by atoms with E-state index < -0.39 is 0 Å². The highest BCUT2D eigenvalue weighted by Crippen LogP contribution is 2.41. The van der Waals surface area contributed by atoms with Crippen molar-refractivity contribution in [3.63, 3.8) is 0 Å². The zero-order valence-corrected chi connectivity index (χ0v) is 22.9. The lowest BCUT2D eigenvalue weighted by atomic mass is 10.1. The summed E-state index contributed by atoms with van der Waals surface area (Å²) in [6.45, 7) is 5.15. The van der Waals surface area contributed by atoms with E-state index in [1.807, 2.05) is 12.1 Å². The topological polar surface area (TPSA) is 35.8 Å². The molecule has 0 amide bonds. The monoisotopic (exact) mass is 522 g/mol. The zero-order valence-electron chi connectivity index (χ0n) is 22.9. The first-order valence-corrected chi connectivity index (χ1v) is 13.6. The van der Waals surface area contributed by atoms with Crippen molar-refractivity contribution in [2.75, 3.05) is 23.5 Å². The molecule has 0 saturated carbocycles. The van der Waals surface area contributed by atoms with E-state index >= 15 is 0 Å². The third kappa shape index (κ3) is 4.07.